The summed E-state index contributed by atoms with van der Waals surface area (Å²) in [7, 11) is 0. The smallest absolute Gasteiger partial charge is 0.187 e. The third kappa shape index (κ3) is 3.78. The fraction of sp³-hybridized carbons (Fsp3) is 0.125. The van der Waals surface area contributed by atoms with Crippen LogP contribution < -0.4 is 4.74 Å². The van der Waals surface area contributed by atoms with Crippen molar-refractivity contribution in [1.82, 2.24) is 4.98 Å². The summed E-state index contributed by atoms with van der Waals surface area (Å²) in [6.07, 6.45) is 6.54. The van der Waals surface area contributed by atoms with E-state index < -0.39 is 0 Å². The Balaban J connectivity index is 2.04. The van der Waals surface area contributed by atoms with Gasteiger partial charge in [0.25, 0.3) is 0 Å². The maximum absolute atomic E-state index is 11.8. The Bertz CT molecular complexity index is 559. The molecule has 2 rings (SSSR count). The number of ether oxygens (including phenoxy) is 1. The number of rotatable bonds is 5. The molecule has 19 heavy (non-hydrogen) atoms. The van der Waals surface area contributed by atoms with Gasteiger partial charge in [-0.3, -0.25) is 9.78 Å². The average molecular weight is 253 g/mol. The van der Waals surface area contributed by atoms with E-state index >= 15 is 0 Å². The molecule has 96 valence electrons. The molecule has 1 heterocycles. The molecule has 1 aromatic heterocycles. The van der Waals surface area contributed by atoms with Gasteiger partial charge in [-0.05, 0) is 42.8 Å². The van der Waals surface area contributed by atoms with Crippen LogP contribution in [0.5, 0.6) is 5.75 Å². The Morgan fingerprint density at radius 1 is 1.26 bits per heavy atom. The average Bonchev–Trinajstić information content (AvgIpc) is 2.47. The highest BCUT2D eigenvalue weighted by atomic mass is 16.5. The molecule has 0 saturated heterocycles. The van der Waals surface area contributed by atoms with Crippen LogP contribution in [0.3, 0.4) is 0 Å². The van der Waals surface area contributed by atoms with Crippen molar-refractivity contribution in [2.45, 2.75) is 6.92 Å². The SMILES string of the molecule is CCOc1ccc(/C=C/C(=O)c2cccnc2)cc1. The molecular formula is C16H15NO2. The molecule has 3 heteroatoms. The highest BCUT2D eigenvalue weighted by Gasteiger charge is 2.00. The standard InChI is InChI=1S/C16H15NO2/c1-2-19-15-8-5-13(6-9-15)7-10-16(18)14-4-3-11-17-12-14/h3-12H,2H2,1H3/b10-7+. The third-order valence-corrected chi connectivity index (χ3v) is 2.56. The molecule has 0 unspecified atom stereocenters. The fourth-order valence-corrected chi connectivity index (χ4v) is 1.62. The summed E-state index contributed by atoms with van der Waals surface area (Å²) < 4.78 is 5.36. The largest absolute Gasteiger partial charge is 0.494 e. The Morgan fingerprint density at radius 2 is 2.05 bits per heavy atom. The molecule has 2 aromatic rings. The summed E-state index contributed by atoms with van der Waals surface area (Å²) in [5.74, 6) is 0.778. The maximum Gasteiger partial charge on any atom is 0.187 e. The molecule has 0 radical (unpaired) electrons. The first kappa shape index (κ1) is 13.0. The molecule has 0 N–H and O–H groups in total. The van der Waals surface area contributed by atoms with Crippen LogP contribution in [0.4, 0.5) is 0 Å². The van der Waals surface area contributed by atoms with Gasteiger partial charge < -0.3 is 4.74 Å². The van der Waals surface area contributed by atoms with Crippen LogP contribution >= 0.6 is 0 Å². The lowest BCUT2D eigenvalue weighted by molar-refractivity contribution is 0.104. The normalized spacial score (nSPS) is 10.6. The lowest BCUT2D eigenvalue weighted by atomic mass is 10.1. The molecule has 1 aromatic carbocycles. The van der Waals surface area contributed by atoms with Gasteiger partial charge in [0.15, 0.2) is 5.78 Å². The minimum absolute atomic E-state index is 0.0537. The number of nitrogens with zero attached hydrogens (tertiary/aromatic N) is 1. The van der Waals surface area contributed by atoms with Crippen molar-refractivity contribution in [3.63, 3.8) is 0 Å². The number of hydrogen-bond donors (Lipinski definition) is 0. The van der Waals surface area contributed by atoms with Gasteiger partial charge in [-0.2, -0.15) is 0 Å². The van der Waals surface area contributed by atoms with Crippen LogP contribution in [0.25, 0.3) is 6.08 Å². The number of carbonyl (C=O) groups is 1. The number of aromatic nitrogens is 1. The number of ketones is 1. The summed E-state index contributed by atoms with van der Waals surface area (Å²) in [4.78, 5) is 15.8. The molecule has 0 aliphatic heterocycles. The third-order valence-electron chi connectivity index (χ3n) is 2.56. The molecule has 0 fully saturated rings. The van der Waals surface area contributed by atoms with Crippen molar-refractivity contribution < 1.29 is 9.53 Å². The van der Waals surface area contributed by atoms with Crippen molar-refractivity contribution in [1.29, 1.82) is 0 Å². The Hall–Kier alpha value is -2.42. The highest BCUT2D eigenvalue weighted by molar-refractivity contribution is 6.06. The van der Waals surface area contributed by atoms with Crippen LogP contribution in [-0.4, -0.2) is 17.4 Å². The summed E-state index contributed by atoms with van der Waals surface area (Å²) in [6.45, 7) is 2.59. The summed E-state index contributed by atoms with van der Waals surface area (Å²) in [5.41, 5.74) is 1.55. The molecule has 0 amide bonds. The van der Waals surface area contributed by atoms with Crippen molar-refractivity contribution in [2.75, 3.05) is 6.61 Å². The molecule has 0 atom stereocenters. The first-order valence-corrected chi connectivity index (χ1v) is 6.15. The van der Waals surface area contributed by atoms with E-state index in [9.17, 15) is 4.79 Å². The summed E-state index contributed by atoms with van der Waals surface area (Å²) in [6, 6.07) is 11.1. The molecule has 3 nitrogen and oxygen atoms in total. The van der Waals surface area contributed by atoms with Crippen LogP contribution in [-0.2, 0) is 0 Å². The zero-order chi connectivity index (χ0) is 13.5. The van der Waals surface area contributed by atoms with Gasteiger partial charge in [-0.1, -0.05) is 18.2 Å². The van der Waals surface area contributed by atoms with Crippen molar-refractivity contribution in [2.24, 2.45) is 0 Å². The van der Waals surface area contributed by atoms with Gasteiger partial charge in [0.2, 0.25) is 0 Å². The van der Waals surface area contributed by atoms with E-state index in [1.54, 1.807) is 36.7 Å². The molecular weight excluding hydrogens is 238 g/mol. The van der Waals surface area contributed by atoms with Crippen LogP contribution in [0.1, 0.15) is 22.8 Å². The van der Waals surface area contributed by atoms with Crippen molar-refractivity contribution >= 4 is 11.9 Å². The Labute approximate surface area is 112 Å². The number of allylic oxidation sites excluding steroid dienone is 1. The predicted octanol–water partition coefficient (Wildman–Crippen LogP) is 3.38. The van der Waals surface area contributed by atoms with Gasteiger partial charge in [-0.25, -0.2) is 0 Å². The topological polar surface area (TPSA) is 39.2 Å². The number of benzene rings is 1. The van der Waals surface area contributed by atoms with Crippen LogP contribution in [0, 0.1) is 0 Å². The zero-order valence-corrected chi connectivity index (χ0v) is 10.7. The van der Waals surface area contributed by atoms with E-state index in [2.05, 4.69) is 4.98 Å². The van der Waals surface area contributed by atoms with Gasteiger partial charge in [0.1, 0.15) is 5.75 Å². The lowest BCUT2D eigenvalue weighted by Crippen LogP contribution is -1.94. The highest BCUT2D eigenvalue weighted by Crippen LogP contribution is 2.13. The molecule has 0 saturated carbocycles. The zero-order valence-electron chi connectivity index (χ0n) is 10.7. The monoisotopic (exact) mass is 253 g/mol. The van der Waals surface area contributed by atoms with E-state index in [1.165, 1.54) is 0 Å². The summed E-state index contributed by atoms with van der Waals surface area (Å²) in [5, 5.41) is 0. The summed E-state index contributed by atoms with van der Waals surface area (Å²) >= 11 is 0. The van der Waals surface area contributed by atoms with Crippen molar-refractivity contribution in [3.8, 4) is 5.75 Å². The first-order valence-electron chi connectivity index (χ1n) is 6.15. The van der Waals surface area contributed by atoms with Crippen LogP contribution in [0.2, 0.25) is 0 Å². The number of pyridine rings is 1. The maximum atomic E-state index is 11.8. The lowest BCUT2D eigenvalue weighted by Gasteiger charge is -2.02. The van der Waals surface area contributed by atoms with Gasteiger partial charge >= 0.3 is 0 Å². The second-order valence-electron chi connectivity index (χ2n) is 3.94. The molecule has 0 spiro atoms. The quantitative estimate of drug-likeness (QED) is 0.605. The van der Waals surface area contributed by atoms with E-state index in [1.807, 2.05) is 31.2 Å². The molecule has 0 aliphatic rings. The van der Waals surface area contributed by atoms with E-state index in [-0.39, 0.29) is 5.78 Å². The first-order chi connectivity index (χ1) is 9.29. The van der Waals surface area contributed by atoms with Gasteiger partial charge in [-0.15, -0.1) is 0 Å². The van der Waals surface area contributed by atoms with Gasteiger partial charge in [0.05, 0.1) is 6.61 Å². The van der Waals surface area contributed by atoms with Crippen molar-refractivity contribution in [3.05, 3.63) is 66.0 Å². The Kier molecular flexibility index (Phi) is 4.45. The molecule has 0 bridgehead atoms. The minimum atomic E-state index is -0.0537. The van der Waals surface area contributed by atoms with E-state index in [0.717, 1.165) is 11.3 Å². The molecule has 0 aliphatic carbocycles. The van der Waals surface area contributed by atoms with Gasteiger partial charge in [0, 0.05) is 18.0 Å². The predicted molar refractivity (Wildman–Crippen MR) is 75.2 cm³/mol. The van der Waals surface area contributed by atoms with E-state index in [0.29, 0.717) is 12.2 Å². The second kappa shape index (κ2) is 6.50. The number of hydrogen-bond acceptors (Lipinski definition) is 3. The minimum Gasteiger partial charge on any atom is -0.494 e. The fourth-order valence-electron chi connectivity index (χ4n) is 1.62. The second-order valence-corrected chi connectivity index (χ2v) is 3.94. The number of carbonyl (C=O) groups excluding carboxylic acids is 1. The Morgan fingerprint density at radius 3 is 2.68 bits per heavy atom. The van der Waals surface area contributed by atoms with Crippen LogP contribution in [0.15, 0.2) is 54.9 Å². The van der Waals surface area contributed by atoms with E-state index in [4.69, 9.17) is 4.74 Å².